The molecule has 0 saturated heterocycles. The Kier molecular flexibility index (Phi) is 4.86. The minimum atomic E-state index is -1.09. The van der Waals surface area contributed by atoms with E-state index in [1.807, 2.05) is 0 Å². The number of aromatic nitrogens is 2. The molecule has 1 unspecified atom stereocenters. The number of hydrogen-bond donors (Lipinski definition) is 3. The third kappa shape index (κ3) is 3.65. The lowest BCUT2D eigenvalue weighted by Gasteiger charge is -2.10. The zero-order chi connectivity index (χ0) is 13.0. The molecule has 0 spiro atoms. The molecule has 1 aromatic heterocycles. The average Bonchev–Trinajstić information content (AvgIpc) is 2.24. The van der Waals surface area contributed by atoms with Crippen LogP contribution in [-0.2, 0) is 0 Å². The van der Waals surface area contributed by atoms with Crippen molar-refractivity contribution in [2.24, 2.45) is 0 Å². The lowest BCUT2D eigenvalue weighted by molar-refractivity contribution is 0.0690. The number of nitrogens with zero attached hydrogens (tertiary/aromatic N) is 2. The van der Waals surface area contributed by atoms with Gasteiger partial charge in [0.2, 0.25) is 0 Å². The van der Waals surface area contributed by atoms with Gasteiger partial charge in [0.05, 0.1) is 18.4 Å². The summed E-state index contributed by atoms with van der Waals surface area (Å²) in [4.78, 5) is 19.1. The van der Waals surface area contributed by atoms with Crippen LogP contribution in [0.3, 0.4) is 0 Å². The monoisotopic (exact) mass is 258 g/mol. The standard InChI is InChI=1S/C10H14N2O4S/c1-5-8(10(15)16)9(12-6(2)11-5)17-4-7(14)3-13/h7,13-14H,3-4H2,1-2H3,(H,15,16). The Hall–Kier alpha value is -1.18. The molecular formula is C10H14N2O4S. The normalized spacial score (nSPS) is 12.5. The minimum absolute atomic E-state index is 0.0470. The Balaban J connectivity index is 3.00. The fourth-order valence-corrected chi connectivity index (χ4v) is 2.29. The van der Waals surface area contributed by atoms with E-state index in [1.54, 1.807) is 13.8 Å². The smallest absolute Gasteiger partial charge is 0.340 e. The molecule has 6 nitrogen and oxygen atoms in total. The Labute approximate surface area is 103 Å². The van der Waals surface area contributed by atoms with Crippen molar-refractivity contribution in [3.63, 3.8) is 0 Å². The zero-order valence-electron chi connectivity index (χ0n) is 9.54. The molecule has 17 heavy (non-hydrogen) atoms. The minimum Gasteiger partial charge on any atom is -0.478 e. The number of carbonyl (C=O) groups is 1. The third-order valence-corrected chi connectivity index (χ3v) is 3.13. The lowest BCUT2D eigenvalue weighted by atomic mass is 10.2. The molecule has 0 bridgehead atoms. The van der Waals surface area contributed by atoms with E-state index >= 15 is 0 Å². The molecule has 0 saturated carbocycles. The summed E-state index contributed by atoms with van der Waals surface area (Å²) in [5.74, 6) is -0.427. The van der Waals surface area contributed by atoms with E-state index in [1.165, 1.54) is 0 Å². The summed E-state index contributed by atoms with van der Waals surface area (Å²) < 4.78 is 0. The number of carboxylic acids is 1. The van der Waals surface area contributed by atoms with E-state index in [0.717, 1.165) is 11.8 Å². The van der Waals surface area contributed by atoms with Crippen LogP contribution in [0.2, 0.25) is 0 Å². The predicted octanol–water partition coefficient (Wildman–Crippen LogP) is 0.237. The largest absolute Gasteiger partial charge is 0.478 e. The fourth-order valence-electron chi connectivity index (χ4n) is 1.26. The Morgan fingerprint density at radius 3 is 2.59 bits per heavy atom. The van der Waals surface area contributed by atoms with E-state index in [4.69, 9.17) is 10.2 Å². The number of thioether (sulfide) groups is 1. The van der Waals surface area contributed by atoms with E-state index in [-0.39, 0.29) is 17.9 Å². The summed E-state index contributed by atoms with van der Waals surface area (Å²) in [7, 11) is 0. The Morgan fingerprint density at radius 2 is 2.06 bits per heavy atom. The van der Waals surface area contributed by atoms with Crippen molar-refractivity contribution < 1.29 is 20.1 Å². The number of rotatable bonds is 5. The summed E-state index contributed by atoms with van der Waals surface area (Å²) in [6.07, 6.45) is -0.891. The number of aliphatic hydroxyl groups excluding tert-OH is 2. The van der Waals surface area contributed by atoms with Crippen LogP contribution in [0.15, 0.2) is 5.03 Å². The van der Waals surface area contributed by atoms with Crippen molar-refractivity contribution >= 4 is 17.7 Å². The van der Waals surface area contributed by atoms with Gasteiger partial charge in [0.25, 0.3) is 0 Å². The lowest BCUT2D eigenvalue weighted by Crippen LogP contribution is -2.16. The van der Waals surface area contributed by atoms with Crippen LogP contribution in [0, 0.1) is 13.8 Å². The van der Waals surface area contributed by atoms with Crippen LogP contribution in [0.1, 0.15) is 21.9 Å². The third-order valence-electron chi connectivity index (χ3n) is 2.01. The van der Waals surface area contributed by atoms with Crippen LogP contribution < -0.4 is 0 Å². The molecule has 94 valence electrons. The zero-order valence-corrected chi connectivity index (χ0v) is 10.4. The van der Waals surface area contributed by atoms with E-state index in [0.29, 0.717) is 16.5 Å². The summed E-state index contributed by atoms with van der Waals surface area (Å²) in [6.45, 7) is 2.91. The van der Waals surface area contributed by atoms with E-state index in [2.05, 4.69) is 9.97 Å². The van der Waals surface area contributed by atoms with Crippen molar-refractivity contribution in [3.8, 4) is 0 Å². The maximum absolute atomic E-state index is 11.1. The van der Waals surface area contributed by atoms with Crippen LogP contribution >= 0.6 is 11.8 Å². The van der Waals surface area contributed by atoms with E-state index < -0.39 is 12.1 Å². The second-order valence-corrected chi connectivity index (χ2v) is 4.50. The van der Waals surface area contributed by atoms with E-state index in [9.17, 15) is 9.90 Å². The van der Waals surface area contributed by atoms with Gasteiger partial charge in [-0.2, -0.15) is 0 Å². The fraction of sp³-hybridized carbons (Fsp3) is 0.500. The first-order valence-corrected chi connectivity index (χ1v) is 5.94. The second-order valence-electron chi connectivity index (χ2n) is 3.49. The van der Waals surface area contributed by atoms with Gasteiger partial charge < -0.3 is 15.3 Å². The summed E-state index contributed by atoms with van der Waals surface area (Å²) >= 11 is 1.09. The van der Waals surface area contributed by atoms with Gasteiger partial charge in [-0.3, -0.25) is 0 Å². The van der Waals surface area contributed by atoms with Gasteiger partial charge in [-0.1, -0.05) is 0 Å². The van der Waals surface area contributed by atoms with Gasteiger partial charge in [-0.15, -0.1) is 11.8 Å². The first-order chi connectivity index (χ1) is 7.95. The van der Waals surface area contributed by atoms with Crippen LogP contribution in [0.4, 0.5) is 0 Å². The Morgan fingerprint density at radius 1 is 1.41 bits per heavy atom. The molecule has 1 rings (SSSR count). The number of aryl methyl sites for hydroxylation is 2. The van der Waals surface area contributed by atoms with Crippen molar-refractivity contribution in [1.29, 1.82) is 0 Å². The first kappa shape index (κ1) is 13.9. The molecule has 0 aliphatic carbocycles. The molecule has 0 aromatic carbocycles. The van der Waals surface area contributed by atoms with Crippen molar-refractivity contribution in [1.82, 2.24) is 9.97 Å². The van der Waals surface area contributed by atoms with Crippen molar-refractivity contribution in [2.45, 2.75) is 25.0 Å². The summed E-state index contributed by atoms with van der Waals surface area (Å²) in [5.41, 5.74) is 0.441. The Bertz CT molecular complexity index is 425. The SMILES string of the molecule is Cc1nc(C)c(C(=O)O)c(SCC(O)CO)n1. The number of aliphatic hydroxyl groups is 2. The molecule has 0 amide bonds. The number of carboxylic acid groups (broad SMARTS) is 1. The highest BCUT2D eigenvalue weighted by Gasteiger charge is 2.18. The van der Waals surface area contributed by atoms with Gasteiger partial charge in [0.1, 0.15) is 16.4 Å². The maximum Gasteiger partial charge on any atom is 0.340 e. The van der Waals surface area contributed by atoms with Gasteiger partial charge >= 0.3 is 5.97 Å². The van der Waals surface area contributed by atoms with Gasteiger partial charge in [0.15, 0.2) is 0 Å². The quantitative estimate of drug-likeness (QED) is 0.513. The first-order valence-electron chi connectivity index (χ1n) is 4.96. The average molecular weight is 258 g/mol. The predicted molar refractivity (Wildman–Crippen MR) is 62.3 cm³/mol. The van der Waals surface area contributed by atoms with Gasteiger partial charge in [0, 0.05) is 5.75 Å². The van der Waals surface area contributed by atoms with Crippen molar-refractivity contribution in [3.05, 3.63) is 17.1 Å². The van der Waals surface area contributed by atoms with Gasteiger partial charge in [-0.25, -0.2) is 14.8 Å². The molecule has 0 aliphatic heterocycles. The van der Waals surface area contributed by atoms with Crippen molar-refractivity contribution in [2.75, 3.05) is 12.4 Å². The maximum atomic E-state index is 11.1. The highest BCUT2D eigenvalue weighted by atomic mass is 32.2. The molecule has 0 fully saturated rings. The molecule has 0 aliphatic rings. The number of hydrogen-bond acceptors (Lipinski definition) is 6. The summed E-state index contributed by atoms with van der Waals surface area (Å²) in [5, 5.41) is 27.3. The van der Waals surface area contributed by atoms with Crippen LogP contribution in [0.5, 0.6) is 0 Å². The van der Waals surface area contributed by atoms with Gasteiger partial charge in [-0.05, 0) is 13.8 Å². The molecule has 3 N–H and O–H groups in total. The van der Waals surface area contributed by atoms with Crippen LogP contribution in [0.25, 0.3) is 0 Å². The number of aromatic carboxylic acids is 1. The summed E-state index contributed by atoms with van der Waals surface area (Å²) in [6, 6.07) is 0. The molecular weight excluding hydrogens is 244 g/mol. The highest BCUT2D eigenvalue weighted by Crippen LogP contribution is 2.23. The van der Waals surface area contributed by atoms with Crippen LogP contribution in [-0.4, -0.2) is 49.7 Å². The molecule has 1 aromatic rings. The molecule has 0 radical (unpaired) electrons. The highest BCUT2D eigenvalue weighted by molar-refractivity contribution is 7.99. The molecule has 7 heteroatoms. The molecule has 1 atom stereocenters. The molecule has 1 heterocycles. The second kappa shape index (κ2) is 5.95. The topological polar surface area (TPSA) is 104 Å².